The van der Waals surface area contributed by atoms with Gasteiger partial charge in [0.25, 0.3) is 11.8 Å². The lowest BCUT2D eigenvalue weighted by Crippen LogP contribution is -2.40. The van der Waals surface area contributed by atoms with Gasteiger partial charge in [0.2, 0.25) is 0 Å². The number of hydrogen-bond donors (Lipinski definition) is 0. The van der Waals surface area contributed by atoms with Gasteiger partial charge in [-0.2, -0.15) is 18.3 Å². The Balaban J connectivity index is 1.70. The first kappa shape index (κ1) is 18.1. The molecule has 2 aromatic carbocycles. The predicted octanol–water partition coefficient (Wildman–Crippen LogP) is 3.65. The van der Waals surface area contributed by atoms with Crippen molar-refractivity contribution in [1.82, 2.24) is 0 Å². The minimum absolute atomic E-state index is 0.0239. The van der Waals surface area contributed by atoms with Gasteiger partial charge in [-0.15, -0.1) is 0 Å². The lowest BCUT2D eigenvalue weighted by Gasteiger charge is -2.21. The van der Waals surface area contributed by atoms with Crippen molar-refractivity contribution in [1.29, 1.82) is 0 Å². The normalized spacial score (nSPS) is 21.6. The van der Waals surface area contributed by atoms with E-state index in [1.807, 2.05) is 0 Å². The first-order valence-electron chi connectivity index (χ1n) is 8.20. The van der Waals surface area contributed by atoms with Gasteiger partial charge < -0.3 is 0 Å². The summed E-state index contributed by atoms with van der Waals surface area (Å²) in [6.45, 7) is 1.53. The van der Waals surface area contributed by atoms with Crippen LogP contribution in [0.25, 0.3) is 0 Å². The van der Waals surface area contributed by atoms with Gasteiger partial charge >= 0.3 is 6.18 Å². The molecule has 2 amide bonds. The van der Waals surface area contributed by atoms with E-state index >= 15 is 0 Å². The molecule has 4 rings (SSSR count). The predicted molar refractivity (Wildman–Crippen MR) is 90.0 cm³/mol. The summed E-state index contributed by atoms with van der Waals surface area (Å²) in [5.74, 6) is -2.04. The minimum Gasteiger partial charge on any atom is -0.271 e. The molecule has 2 heterocycles. The largest absolute Gasteiger partial charge is 0.416 e. The Morgan fingerprint density at radius 1 is 1.00 bits per heavy atom. The van der Waals surface area contributed by atoms with Crippen LogP contribution in [-0.2, 0) is 15.8 Å². The van der Waals surface area contributed by atoms with Crippen molar-refractivity contribution in [3.05, 3.63) is 59.4 Å². The first-order valence-corrected chi connectivity index (χ1v) is 8.20. The van der Waals surface area contributed by atoms with Crippen LogP contribution in [0.4, 0.5) is 28.9 Å². The lowest BCUT2D eigenvalue weighted by molar-refractivity contribution is -0.137. The number of aryl methyl sites for hydroxylation is 1. The van der Waals surface area contributed by atoms with Gasteiger partial charge in [-0.1, -0.05) is 17.4 Å². The van der Waals surface area contributed by atoms with Gasteiger partial charge in [0.05, 0.1) is 16.9 Å². The van der Waals surface area contributed by atoms with E-state index in [1.54, 1.807) is 0 Å². The molecule has 2 aliphatic heterocycles. The Hall–Kier alpha value is -3.30. The third-order valence-corrected chi connectivity index (χ3v) is 4.63. The summed E-state index contributed by atoms with van der Waals surface area (Å²) >= 11 is 0. The quantitative estimate of drug-likeness (QED) is 0.579. The van der Waals surface area contributed by atoms with Crippen LogP contribution in [0.3, 0.4) is 0 Å². The number of imide groups is 1. The maximum absolute atomic E-state index is 13.9. The second kappa shape index (κ2) is 6.11. The minimum atomic E-state index is -4.58. The van der Waals surface area contributed by atoms with E-state index in [9.17, 15) is 27.2 Å². The summed E-state index contributed by atoms with van der Waals surface area (Å²) in [4.78, 5) is 26.3. The molecule has 2 aromatic rings. The summed E-state index contributed by atoms with van der Waals surface area (Å²) in [6.07, 6.45) is -4.58. The first-order chi connectivity index (χ1) is 13.2. The van der Waals surface area contributed by atoms with Crippen LogP contribution >= 0.6 is 0 Å². The third-order valence-electron chi connectivity index (χ3n) is 4.63. The van der Waals surface area contributed by atoms with Crippen molar-refractivity contribution in [2.24, 2.45) is 10.3 Å². The van der Waals surface area contributed by atoms with Crippen LogP contribution in [0, 0.1) is 12.7 Å². The molecule has 1 saturated heterocycles. The third kappa shape index (κ3) is 2.72. The number of nitrogens with zero attached hydrogens (tertiary/aromatic N) is 4. The average molecular weight is 392 g/mol. The number of fused-ring (bicyclic) bond motifs is 1. The van der Waals surface area contributed by atoms with E-state index in [-0.39, 0.29) is 11.4 Å². The molecule has 6 nitrogen and oxygen atoms in total. The van der Waals surface area contributed by atoms with Crippen LogP contribution < -0.4 is 9.91 Å². The topological polar surface area (TPSA) is 65.3 Å². The number of amides is 2. The average Bonchev–Trinajstić information content (AvgIpc) is 3.18. The van der Waals surface area contributed by atoms with E-state index in [2.05, 4.69) is 10.3 Å². The molecular weight excluding hydrogens is 380 g/mol. The summed E-state index contributed by atoms with van der Waals surface area (Å²) < 4.78 is 52.8. The molecule has 0 radical (unpaired) electrons. The van der Waals surface area contributed by atoms with Crippen molar-refractivity contribution < 1.29 is 27.2 Å². The molecule has 2 atom stereocenters. The summed E-state index contributed by atoms with van der Waals surface area (Å²) in [5, 5.41) is 8.47. The fourth-order valence-electron chi connectivity index (χ4n) is 3.17. The van der Waals surface area contributed by atoms with Crippen LogP contribution in [0.2, 0.25) is 0 Å². The number of carbonyl (C=O) groups is 2. The second-order valence-corrected chi connectivity index (χ2v) is 6.43. The van der Waals surface area contributed by atoms with E-state index in [0.717, 1.165) is 28.1 Å². The van der Waals surface area contributed by atoms with Gasteiger partial charge in [0, 0.05) is 0 Å². The Morgan fingerprint density at radius 3 is 2.43 bits per heavy atom. The molecule has 0 unspecified atom stereocenters. The van der Waals surface area contributed by atoms with Crippen molar-refractivity contribution in [2.45, 2.75) is 25.2 Å². The number of halogens is 4. The molecule has 0 bridgehead atoms. The Kier molecular flexibility index (Phi) is 3.95. The maximum Gasteiger partial charge on any atom is 0.416 e. The summed E-state index contributed by atoms with van der Waals surface area (Å²) in [5.41, 5.74) is -0.568. The number of rotatable bonds is 2. The zero-order valence-corrected chi connectivity index (χ0v) is 14.3. The molecule has 0 aromatic heterocycles. The molecular formula is C18H12F4N4O2. The number of hydrogen-bond acceptors (Lipinski definition) is 5. The van der Waals surface area contributed by atoms with Crippen molar-refractivity contribution >= 4 is 23.2 Å². The van der Waals surface area contributed by atoms with Crippen molar-refractivity contribution in [3.8, 4) is 0 Å². The molecule has 1 fully saturated rings. The fraction of sp³-hybridized carbons (Fsp3) is 0.222. The SMILES string of the molecule is Cc1ccc(N2C(=O)[C@H]3N=NN(c4cccc(C(F)(F)F)c4)[C@@H]3C2=O)cc1F. The highest BCUT2D eigenvalue weighted by atomic mass is 19.4. The monoisotopic (exact) mass is 392 g/mol. The Labute approximate surface area is 156 Å². The summed E-state index contributed by atoms with van der Waals surface area (Å²) in [6, 6.07) is 5.69. The molecule has 2 aliphatic rings. The molecule has 0 aliphatic carbocycles. The smallest absolute Gasteiger partial charge is 0.271 e. The molecule has 10 heteroatoms. The van der Waals surface area contributed by atoms with Crippen LogP contribution in [-0.4, -0.2) is 23.9 Å². The van der Waals surface area contributed by atoms with E-state index in [4.69, 9.17) is 0 Å². The van der Waals surface area contributed by atoms with Crippen LogP contribution in [0.5, 0.6) is 0 Å². The molecule has 0 N–H and O–H groups in total. The molecule has 0 spiro atoms. The van der Waals surface area contributed by atoms with E-state index in [0.29, 0.717) is 5.56 Å². The number of alkyl halides is 3. The van der Waals surface area contributed by atoms with Crippen molar-refractivity contribution in [3.63, 3.8) is 0 Å². The van der Waals surface area contributed by atoms with Gasteiger partial charge in [-0.25, -0.2) is 14.3 Å². The molecule has 28 heavy (non-hydrogen) atoms. The lowest BCUT2D eigenvalue weighted by atomic mass is 10.1. The summed E-state index contributed by atoms with van der Waals surface area (Å²) in [7, 11) is 0. The van der Waals surface area contributed by atoms with Crippen molar-refractivity contribution in [2.75, 3.05) is 9.91 Å². The Morgan fingerprint density at radius 2 is 1.75 bits per heavy atom. The van der Waals surface area contributed by atoms with Gasteiger partial charge in [0.15, 0.2) is 12.1 Å². The van der Waals surface area contributed by atoms with Gasteiger partial charge in [-0.3, -0.25) is 9.59 Å². The number of anilines is 2. The highest BCUT2D eigenvalue weighted by Gasteiger charge is 2.55. The van der Waals surface area contributed by atoms with E-state index < -0.39 is 41.5 Å². The zero-order chi connectivity index (χ0) is 20.2. The highest BCUT2D eigenvalue weighted by Crippen LogP contribution is 2.37. The van der Waals surface area contributed by atoms with Crippen LogP contribution in [0.1, 0.15) is 11.1 Å². The van der Waals surface area contributed by atoms with Crippen LogP contribution in [0.15, 0.2) is 52.8 Å². The Bertz CT molecular complexity index is 1020. The molecule has 0 saturated carbocycles. The van der Waals surface area contributed by atoms with Gasteiger partial charge in [-0.05, 0) is 42.8 Å². The second-order valence-electron chi connectivity index (χ2n) is 6.43. The highest BCUT2D eigenvalue weighted by molar-refractivity contribution is 6.26. The number of carbonyl (C=O) groups excluding carboxylic acids is 2. The maximum atomic E-state index is 13.9. The molecule has 144 valence electrons. The number of benzene rings is 2. The van der Waals surface area contributed by atoms with Gasteiger partial charge in [0.1, 0.15) is 5.82 Å². The fourth-order valence-corrected chi connectivity index (χ4v) is 3.17. The standard InChI is InChI=1S/C18H12F4N4O2/c1-9-5-6-11(8-13(9)19)25-16(27)14-15(17(25)28)26(24-23-14)12-4-2-3-10(7-12)18(20,21)22/h2-8,14-15H,1H3/t14-,15-/m0/s1. The zero-order valence-electron chi connectivity index (χ0n) is 14.3. The van der Waals surface area contributed by atoms with E-state index in [1.165, 1.54) is 31.2 Å².